The Bertz CT molecular complexity index is 892. The molecule has 0 aliphatic carbocycles. The van der Waals surface area contributed by atoms with Crippen LogP contribution in [0.2, 0.25) is 0 Å². The Morgan fingerprint density at radius 1 is 1.19 bits per heavy atom. The fourth-order valence-corrected chi connectivity index (χ4v) is 4.24. The van der Waals surface area contributed by atoms with Gasteiger partial charge in [0.05, 0.1) is 5.71 Å². The zero-order valence-corrected chi connectivity index (χ0v) is 15.3. The van der Waals surface area contributed by atoms with E-state index in [1.54, 1.807) is 25.1 Å². The van der Waals surface area contributed by atoms with Gasteiger partial charge in [0.15, 0.2) is 0 Å². The lowest BCUT2D eigenvalue weighted by atomic mass is 10.1. The molecule has 26 heavy (non-hydrogen) atoms. The van der Waals surface area contributed by atoms with Crippen LogP contribution >= 0.6 is 0 Å². The summed E-state index contributed by atoms with van der Waals surface area (Å²) in [5.74, 6) is 0.0841. The van der Waals surface area contributed by atoms with E-state index in [0.29, 0.717) is 30.2 Å². The van der Waals surface area contributed by atoms with Crippen molar-refractivity contribution in [3.05, 3.63) is 54.0 Å². The zero-order valence-electron chi connectivity index (χ0n) is 14.5. The summed E-state index contributed by atoms with van der Waals surface area (Å²) in [5.41, 5.74) is 4.01. The maximum Gasteiger partial charge on any atom is 0.244 e. The molecule has 2 heterocycles. The monoisotopic (exact) mass is 376 g/mol. The minimum absolute atomic E-state index is 0.177. The quantitative estimate of drug-likeness (QED) is 0.642. The highest BCUT2D eigenvalue weighted by Crippen LogP contribution is 2.20. The average molecular weight is 376 g/mol. The number of hydrazone groups is 1. The number of hydrogen-bond acceptors (Lipinski definition) is 5. The van der Waals surface area contributed by atoms with E-state index >= 15 is 0 Å². The third kappa shape index (κ3) is 4.25. The van der Waals surface area contributed by atoms with Crippen LogP contribution in [0.4, 0.5) is 10.2 Å². The standard InChI is InChI=1S/C18H21FN4O2S/c1-14(15-6-5-7-16(19)12-15)21-22-18-9-8-17(13-20-18)26(24,25)23-10-3-2-4-11-23/h5-9,12-13H,2-4,10-11H2,1H3,(H,20,22)/b21-14+. The van der Waals surface area contributed by atoms with Gasteiger partial charge in [-0.1, -0.05) is 18.6 Å². The topological polar surface area (TPSA) is 74.7 Å². The Kier molecular flexibility index (Phi) is 5.63. The number of halogens is 1. The van der Waals surface area contributed by atoms with Gasteiger partial charge in [-0.3, -0.25) is 5.43 Å². The van der Waals surface area contributed by atoms with Crippen LogP contribution in [-0.4, -0.2) is 36.5 Å². The van der Waals surface area contributed by atoms with Gasteiger partial charge in [0.25, 0.3) is 0 Å². The molecular weight excluding hydrogens is 355 g/mol. The summed E-state index contributed by atoms with van der Waals surface area (Å²) in [4.78, 5) is 4.30. The summed E-state index contributed by atoms with van der Waals surface area (Å²) in [6, 6.07) is 9.22. The van der Waals surface area contributed by atoms with Gasteiger partial charge in [-0.2, -0.15) is 9.41 Å². The lowest BCUT2D eigenvalue weighted by Gasteiger charge is -2.25. The number of anilines is 1. The second-order valence-corrected chi connectivity index (χ2v) is 8.10. The van der Waals surface area contributed by atoms with Crippen molar-refractivity contribution < 1.29 is 12.8 Å². The van der Waals surface area contributed by atoms with Crippen molar-refractivity contribution in [2.24, 2.45) is 5.10 Å². The van der Waals surface area contributed by atoms with E-state index in [0.717, 1.165) is 19.3 Å². The SMILES string of the molecule is C/C(=N\Nc1ccc(S(=O)(=O)N2CCCCC2)cn1)c1cccc(F)c1. The maximum atomic E-state index is 13.3. The van der Waals surface area contributed by atoms with Crippen molar-refractivity contribution in [1.29, 1.82) is 0 Å². The Hall–Kier alpha value is -2.32. The van der Waals surface area contributed by atoms with E-state index in [-0.39, 0.29) is 10.7 Å². The van der Waals surface area contributed by atoms with Gasteiger partial charge in [-0.25, -0.2) is 17.8 Å². The number of aromatic nitrogens is 1. The fraction of sp³-hybridized carbons (Fsp3) is 0.333. The number of hydrogen-bond donors (Lipinski definition) is 1. The number of pyridine rings is 1. The second kappa shape index (κ2) is 7.92. The number of benzene rings is 1. The summed E-state index contributed by atoms with van der Waals surface area (Å²) in [5, 5.41) is 4.17. The number of nitrogens with one attached hydrogen (secondary N) is 1. The molecule has 1 aliphatic heterocycles. The van der Waals surface area contributed by atoms with Crippen molar-refractivity contribution in [2.75, 3.05) is 18.5 Å². The van der Waals surface area contributed by atoms with Gasteiger partial charge in [0.1, 0.15) is 16.5 Å². The third-order valence-electron chi connectivity index (χ3n) is 4.27. The van der Waals surface area contributed by atoms with Crippen molar-refractivity contribution >= 4 is 21.6 Å². The van der Waals surface area contributed by atoms with Crippen LogP contribution in [0.3, 0.4) is 0 Å². The van der Waals surface area contributed by atoms with Gasteiger partial charge in [-0.15, -0.1) is 0 Å². The molecular formula is C18H21FN4O2S. The highest BCUT2D eigenvalue weighted by molar-refractivity contribution is 7.89. The normalized spacial score (nSPS) is 16.5. The molecule has 0 amide bonds. The fourth-order valence-electron chi connectivity index (χ4n) is 2.77. The van der Waals surface area contributed by atoms with E-state index in [2.05, 4.69) is 15.5 Å². The molecule has 1 saturated heterocycles. The zero-order chi connectivity index (χ0) is 18.6. The summed E-state index contributed by atoms with van der Waals surface area (Å²) in [6.07, 6.45) is 4.18. The predicted molar refractivity (Wildman–Crippen MR) is 99.1 cm³/mol. The van der Waals surface area contributed by atoms with Gasteiger partial charge >= 0.3 is 0 Å². The van der Waals surface area contributed by atoms with E-state index in [1.807, 2.05) is 0 Å². The molecule has 0 atom stereocenters. The molecule has 6 nitrogen and oxygen atoms in total. The Morgan fingerprint density at radius 2 is 1.96 bits per heavy atom. The molecule has 0 spiro atoms. The summed E-state index contributed by atoms with van der Waals surface area (Å²) < 4.78 is 39.9. The molecule has 3 rings (SSSR count). The molecule has 1 aromatic carbocycles. The number of rotatable bonds is 5. The first-order chi connectivity index (χ1) is 12.5. The third-order valence-corrected chi connectivity index (χ3v) is 6.15. The van der Waals surface area contributed by atoms with Crippen LogP contribution in [0.25, 0.3) is 0 Å². The molecule has 1 fully saturated rings. The molecule has 1 aliphatic rings. The van der Waals surface area contributed by atoms with E-state index in [9.17, 15) is 12.8 Å². The van der Waals surface area contributed by atoms with Gasteiger partial charge in [0.2, 0.25) is 10.0 Å². The first-order valence-electron chi connectivity index (χ1n) is 8.49. The summed E-state index contributed by atoms with van der Waals surface area (Å²) in [6.45, 7) is 2.86. The maximum absolute atomic E-state index is 13.3. The lowest BCUT2D eigenvalue weighted by Crippen LogP contribution is -2.35. The van der Waals surface area contributed by atoms with Crippen LogP contribution in [-0.2, 0) is 10.0 Å². The predicted octanol–water partition coefficient (Wildman–Crippen LogP) is 3.23. The largest absolute Gasteiger partial charge is 0.261 e. The minimum Gasteiger partial charge on any atom is -0.261 e. The molecule has 1 aromatic heterocycles. The van der Waals surface area contributed by atoms with Crippen LogP contribution in [0, 0.1) is 5.82 Å². The molecule has 8 heteroatoms. The van der Waals surface area contributed by atoms with Gasteiger partial charge in [-0.05, 0) is 44.0 Å². The van der Waals surface area contributed by atoms with E-state index in [4.69, 9.17) is 0 Å². The van der Waals surface area contributed by atoms with Crippen LogP contribution < -0.4 is 5.43 Å². The highest BCUT2D eigenvalue weighted by Gasteiger charge is 2.26. The number of sulfonamides is 1. The van der Waals surface area contributed by atoms with Gasteiger partial charge in [0, 0.05) is 24.8 Å². The van der Waals surface area contributed by atoms with Crippen LogP contribution in [0.15, 0.2) is 52.6 Å². The molecule has 0 radical (unpaired) electrons. The van der Waals surface area contributed by atoms with Crippen molar-refractivity contribution in [3.8, 4) is 0 Å². The number of nitrogens with zero attached hydrogens (tertiary/aromatic N) is 3. The minimum atomic E-state index is -3.49. The molecule has 138 valence electrons. The molecule has 2 aromatic rings. The van der Waals surface area contributed by atoms with Gasteiger partial charge < -0.3 is 0 Å². The molecule has 1 N–H and O–H groups in total. The van der Waals surface area contributed by atoms with Crippen LogP contribution in [0.5, 0.6) is 0 Å². The highest BCUT2D eigenvalue weighted by atomic mass is 32.2. The van der Waals surface area contributed by atoms with E-state index < -0.39 is 10.0 Å². The second-order valence-electron chi connectivity index (χ2n) is 6.16. The Morgan fingerprint density at radius 3 is 2.62 bits per heavy atom. The number of piperidine rings is 1. The molecule has 0 bridgehead atoms. The van der Waals surface area contributed by atoms with E-state index in [1.165, 1.54) is 28.7 Å². The first-order valence-corrected chi connectivity index (χ1v) is 9.93. The smallest absolute Gasteiger partial charge is 0.244 e. The van der Waals surface area contributed by atoms with Crippen molar-refractivity contribution in [1.82, 2.24) is 9.29 Å². The average Bonchev–Trinajstić information content (AvgIpc) is 2.67. The van der Waals surface area contributed by atoms with Crippen molar-refractivity contribution in [2.45, 2.75) is 31.1 Å². The summed E-state index contributed by atoms with van der Waals surface area (Å²) in [7, 11) is -3.49. The lowest BCUT2D eigenvalue weighted by molar-refractivity contribution is 0.346. The Labute approximate surface area is 152 Å². The van der Waals surface area contributed by atoms with Crippen molar-refractivity contribution in [3.63, 3.8) is 0 Å². The first kappa shape index (κ1) is 18.5. The van der Waals surface area contributed by atoms with Crippen LogP contribution in [0.1, 0.15) is 31.7 Å². The summed E-state index contributed by atoms with van der Waals surface area (Å²) >= 11 is 0. The molecule has 0 saturated carbocycles. The Balaban J connectivity index is 1.70. The molecule has 0 unspecified atom stereocenters.